The summed E-state index contributed by atoms with van der Waals surface area (Å²) in [6.45, 7) is 5.99. The average molecular weight is 389 g/mol. The molecule has 8 heteroatoms. The Labute approximate surface area is 162 Å². The third-order valence-corrected chi connectivity index (χ3v) is 4.20. The predicted octanol–water partition coefficient (Wildman–Crippen LogP) is 3.08. The van der Waals surface area contributed by atoms with Crippen molar-refractivity contribution in [3.8, 4) is 28.6 Å². The molecule has 0 aliphatic rings. The molecule has 3 rings (SSSR count). The first kappa shape index (κ1) is 19.3. The number of pyridine rings is 1. The van der Waals surface area contributed by atoms with Gasteiger partial charge in [-0.05, 0) is 56.2 Å². The Hall–Kier alpha value is -2.48. The van der Waals surface area contributed by atoms with Crippen LogP contribution in [0.1, 0.15) is 16.8 Å². The van der Waals surface area contributed by atoms with Gasteiger partial charge in [-0.25, -0.2) is 4.98 Å². The van der Waals surface area contributed by atoms with Gasteiger partial charge in [0, 0.05) is 23.4 Å². The molecule has 2 aromatic heterocycles. The number of benzene rings is 1. The van der Waals surface area contributed by atoms with Crippen LogP contribution in [-0.4, -0.2) is 39.5 Å². The summed E-state index contributed by atoms with van der Waals surface area (Å²) >= 11 is 6.00. The first-order valence-corrected chi connectivity index (χ1v) is 8.86. The SMILES string of the molecule is Cc1cc(-c2nc(-c3cc(C)c(OC[C@@H](O)CN)c(C)c3)no2)cc(Cl)n1. The Morgan fingerprint density at radius 3 is 2.44 bits per heavy atom. The van der Waals surface area contributed by atoms with Crippen molar-refractivity contribution in [1.82, 2.24) is 15.1 Å². The second kappa shape index (κ2) is 8.04. The van der Waals surface area contributed by atoms with E-state index in [1.165, 1.54) is 0 Å². The Balaban J connectivity index is 1.88. The van der Waals surface area contributed by atoms with Crippen molar-refractivity contribution < 1.29 is 14.4 Å². The molecular weight excluding hydrogens is 368 g/mol. The van der Waals surface area contributed by atoms with Crippen molar-refractivity contribution in [1.29, 1.82) is 0 Å². The highest BCUT2D eigenvalue weighted by atomic mass is 35.5. The molecule has 2 heterocycles. The van der Waals surface area contributed by atoms with Gasteiger partial charge < -0.3 is 20.1 Å². The molecule has 1 aromatic carbocycles. The Morgan fingerprint density at radius 2 is 1.81 bits per heavy atom. The molecule has 0 saturated heterocycles. The molecular formula is C19H21ClN4O3. The van der Waals surface area contributed by atoms with E-state index in [4.69, 9.17) is 26.6 Å². The monoisotopic (exact) mass is 388 g/mol. The molecule has 0 unspecified atom stereocenters. The Kier molecular flexibility index (Phi) is 5.74. The normalized spacial score (nSPS) is 12.2. The number of halogens is 1. The Morgan fingerprint density at radius 1 is 1.11 bits per heavy atom. The number of nitrogens with two attached hydrogens (primary N) is 1. The van der Waals surface area contributed by atoms with Gasteiger partial charge in [-0.3, -0.25) is 0 Å². The van der Waals surface area contributed by atoms with E-state index >= 15 is 0 Å². The van der Waals surface area contributed by atoms with Gasteiger partial charge in [-0.2, -0.15) is 4.98 Å². The number of aryl methyl sites for hydroxylation is 3. The van der Waals surface area contributed by atoms with E-state index in [1.807, 2.05) is 39.0 Å². The fraction of sp³-hybridized carbons (Fsp3) is 0.316. The molecule has 0 amide bonds. The fourth-order valence-corrected chi connectivity index (χ4v) is 3.01. The predicted molar refractivity (Wildman–Crippen MR) is 103 cm³/mol. The number of aliphatic hydroxyl groups is 1. The van der Waals surface area contributed by atoms with Crippen LogP contribution in [0.5, 0.6) is 5.75 Å². The smallest absolute Gasteiger partial charge is 0.258 e. The number of aromatic nitrogens is 3. The van der Waals surface area contributed by atoms with Gasteiger partial charge >= 0.3 is 0 Å². The highest BCUT2D eigenvalue weighted by molar-refractivity contribution is 6.29. The minimum Gasteiger partial charge on any atom is -0.490 e. The van der Waals surface area contributed by atoms with E-state index in [-0.39, 0.29) is 13.2 Å². The molecule has 1 atom stereocenters. The van der Waals surface area contributed by atoms with Crippen LogP contribution in [0.25, 0.3) is 22.8 Å². The van der Waals surface area contributed by atoms with Crippen LogP contribution in [-0.2, 0) is 0 Å². The molecule has 0 radical (unpaired) electrons. The van der Waals surface area contributed by atoms with Crippen LogP contribution in [0.15, 0.2) is 28.8 Å². The van der Waals surface area contributed by atoms with E-state index in [0.29, 0.717) is 22.6 Å². The summed E-state index contributed by atoms with van der Waals surface area (Å²) in [4.78, 5) is 8.60. The largest absolute Gasteiger partial charge is 0.490 e. The number of hydrogen-bond donors (Lipinski definition) is 2. The summed E-state index contributed by atoms with van der Waals surface area (Å²) in [6.07, 6.45) is -0.695. The van der Waals surface area contributed by atoms with Crippen molar-refractivity contribution in [2.75, 3.05) is 13.2 Å². The van der Waals surface area contributed by atoms with Crippen LogP contribution < -0.4 is 10.5 Å². The molecule has 0 fully saturated rings. The quantitative estimate of drug-likeness (QED) is 0.624. The lowest BCUT2D eigenvalue weighted by molar-refractivity contribution is 0.113. The van der Waals surface area contributed by atoms with Crippen molar-refractivity contribution in [2.45, 2.75) is 26.9 Å². The number of ether oxygens (including phenoxy) is 1. The summed E-state index contributed by atoms with van der Waals surface area (Å²) in [5.74, 6) is 1.56. The van der Waals surface area contributed by atoms with Crippen LogP contribution in [0.2, 0.25) is 5.15 Å². The van der Waals surface area contributed by atoms with Crippen LogP contribution >= 0.6 is 11.6 Å². The van der Waals surface area contributed by atoms with Crippen molar-refractivity contribution >= 4 is 11.6 Å². The van der Waals surface area contributed by atoms with Gasteiger partial charge in [-0.1, -0.05) is 16.8 Å². The highest BCUT2D eigenvalue weighted by Crippen LogP contribution is 2.30. The number of hydrogen-bond acceptors (Lipinski definition) is 7. The molecule has 0 aliphatic carbocycles. The zero-order valence-corrected chi connectivity index (χ0v) is 16.1. The lowest BCUT2D eigenvalue weighted by Gasteiger charge is -2.15. The topological polar surface area (TPSA) is 107 Å². The first-order chi connectivity index (χ1) is 12.9. The molecule has 142 valence electrons. The molecule has 27 heavy (non-hydrogen) atoms. The van der Waals surface area contributed by atoms with Crippen molar-refractivity contribution in [2.24, 2.45) is 5.73 Å². The minimum atomic E-state index is -0.695. The van der Waals surface area contributed by atoms with Gasteiger partial charge in [0.2, 0.25) is 5.82 Å². The van der Waals surface area contributed by atoms with Crippen LogP contribution in [0.3, 0.4) is 0 Å². The van der Waals surface area contributed by atoms with Crippen molar-refractivity contribution in [3.63, 3.8) is 0 Å². The molecule has 0 spiro atoms. The number of nitrogens with zero attached hydrogens (tertiary/aromatic N) is 3. The average Bonchev–Trinajstić information content (AvgIpc) is 3.10. The molecule has 3 aromatic rings. The Bertz CT molecular complexity index is 915. The summed E-state index contributed by atoms with van der Waals surface area (Å²) in [7, 11) is 0. The maximum Gasteiger partial charge on any atom is 0.258 e. The van der Waals surface area contributed by atoms with Gasteiger partial charge in [0.25, 0.3) is 5.89 Å². The van der Waals surface area contributed by atoms with Gasteiger partial charge in [0.05, 0.1) is 0 Å². The summed E-state index contributed by atoms with van der Waals surface area (Å²) in [5, 5.41) is 14.0. The third-order valence-electron chi connectivity index (χ3n) is 4.01. The summed E-state index contributed by atoms with van der Waals surface area (Å²) < 4.78 is 11.1. The minimum absolute atomic E-state index is 0.145. The van der Waals surface area contributed by atoms with Crippen LogP contribution in [0, 0.1) is 20.8 Å². The molecule has 0 bridgehead atoms. The van der Waals surface area contributed by atoms with E-state index < -0.39 is 6.10 Å². The zero-order valence-electron chi connectivity index (χ0n) is 15.4. The standard InChI is InChI=1S/C19H21ClN4O3/c1-10-4-13(5-11(2)17(10)26-9-15(25)8-21)18-23-19(27-24-18)14-6-12(3)22-16(20)7-14/h4-7,15,25H,8-9,21H2,1-3H3/t15-/m0/s1. The zero-order chi connectivity index (χ0) is 19.6. The molecule has 0 saturated carbocycles. The molecule has 7 nitrogen and oxygen atoms in total. The summed E-state index contributed by atoms with van der Waals surface area (Å²) in [5.41, 5.74) is 9.52. The second-order valence-electron chi connectivity index (χ2n) is 6.38. The van der Waals surface area contributed by atoms with Crippen LogP contribution in [0.4, 0.5) is 0 Å². The number of rotatable bonds is 6. The number of aliphatic hydroxyl groups excluding tert-OH is 1. The van der Waals surface area contributed by atoms with E-state index in [9.17, 15) is 5.11 Å². The van der Waals surface area contributed by atoms with Crippen molar-refractivity contribution in [3.05, 3.63) is 46.2 Å². The molecule has 0 aliphatic heterocycles. The lowest BCUT2D eigenvalue weighted by Crippen LogP contribution is -2.26. The van der Waals surface area contributed by atoms with Gasteiger partial charge in [-0.15, -0.1) is 0 Å². The van der Waals surface area contributed by atoms with E-state index in [2.05, 4.69) is 15.1 Å². The maximum atomic E-state index is 9.59. The lowest BCUT2D eigenvalue weighted by atomic mass is 10.1. The van der Waals surface area contributed by atoms with Gasteiger partial charge in [0.1, 0.15) is 23.6 Å². The van der Waals surface area contributed by atoms with Gasteiger partial charge in [0.15, 0.2) is 0 Å². The maximum absolute atomic E-state index is 9.59. The van der Waals surface area contributed by atoms with E-state index in [1.54, 1.807) is 6.07 Å². The highest BCUT2D eigenvalue weighted by Gasteiger charge is 2.15. The van der Waals surface area contributed by atoms with E-state index in [0.717, 1.165) is 27.9 Å². The summed E-state index contributed by atoms with van der Waals surface area (Å²) in [6, 6.07) is 7.34. The second-order valence-corrected chi connectivity index (χ2v) is 6.77. The third kappa shape index (κ3) is 4.44. The first-order valence-electron chi connectivity index (χ1n) is 8.48. The fourth-order valence-electron chi connectivity index (χ4n) is 2.76. The molecule has 3 N–H and O–H groups in total.